The highest BCUT2D eigenvalue weighted by molar-refractivity contribution is 9.10. The van der Waals surface area contributed by atoms with Gasteiger partial charge in [0, 0.05) is 11.0 Å². The van der Waals surface area contributed by atoms with Crippen molar-refractivity contribution in [3.8, 4) is 0 Å². The van der Waals surface area contributed by atoms with Crippen LogP contribution in [-0.4, -0.2) is 18.2 Å². The number of hydrogen-bond acceptors (Lipinski definition) is 2. The molecule has 21 heavy (non-hydrogen) atoms. The lowest BCUT2D eigenvalue weighted by Crippen LogP contribution is -2.24. The molecule has 0 bridgehead atoms. The van der Waals surface area contributed by atoms with Crippen molar-refractivity contribution in [2.75, 3.05) is 13.1 Å². The molecule has 0 amide bonds. The fourth-order valence-corrected chi connectivity index (χ4v) is 2.84. The van der Waals surface area contributed by atoms with E-state index in [0.717, 1.165) is 23.0 Å². The molecule has 2 N–H and O–H groups in total. The molecular formula is C18H22BrNO. The van der Waals surface area contributed by atoms with E-state index >= 15 is 0 Å². The Kier molecular flexibility index (Phi) is 5.97. The quantitative estimate of drug-likeness (QED) is 0.776. The highest BCUT2D eigenvalue weighted by Crippen LogP contribution is 2.17. The SMILES string of the molecule is Cc1ccc(CCNCC(O)c2cccc(Br)c2)c(C)c1. The third-order valence-corrected chi connectivity index (χ3v) is 4.13. The number of aryl methyl sites for hydroxylation is 2. The van der Waals surface area contributed by atoms with Crippen LogP contribution in [0, 0.1) is 13.8 Å². The van der Waals surface area contributed by atoms with E-state index in [-0.39, 0.29) is 0 Å². The van der Waals surface area contributed by atoms with Crippen molar-refractivity contribution < 1.29 is 5.11 Å². The summed E-state index contributed by atoms with van der Waals surface area (Å²) in [5.74, 6) is 0. The van der Waals surface area contributed by atoms with Crippen LogP contribution in [0.3, 0.4) is 0 Å². The number of halogens is 1. The highest BCUT2D eigenvalue weighted by atomic mass is 79.9. The summed E-state index contributed by atoms with van der Waals surface area (Å²) < 4.78 is 0.995. The van der Waals surface area contributed by atoms with Crippen LogP contribution in [0.25, 0.3) is 0 Å². The normalized spacial score (nSPS) is 12.4. The third-order valence-electron chi connectivity index (χ3n) is 3.64. The van der Waals surface area contributed by atoms with E-state index in [1.807, 2.05) is 24.3 Å². The number of nitrogens with one attached hydrogen (secondary N) is 1. The molecule has 2 aromatic rings. The summed E-state index contributed by atoms with van der Waals surface area (Å²) in [4.78, 5) is 0. The van der Waals surface area contributed by atoms with Crippen LogP contribution in [0.1, 0.15) is 28.4 Å². The second-order valence-corrected chi connectivity index (χ2v) is 6.37. The molecule has 0 aliphatic rings. The Labute approximate surface area is 135 Å². The number of hydrogen-bond donors (Lipinski definition) is 2. The van der Waals surface area contributed by atoms with Gasteiger partial charge >= 0.3 is 0 Å². The van der Waals surface area contributed by atoms with Crippen molar-refractivity contribution >= 4 is 15.9 Å². The molecule has 0 saturated carbocycles. The molecule has 0 spiro atoms. The molecule has 3 heteroatoms. The first-order valence-corrected chi connectivity index (χ1v) is 8.06. The Hall–Kier alpha value is -1.16. The van der Waals surface area contributed by atoms with E-state index in [9.17, 15) is 5.11 Å². The highest BCUT2D eigenvalue weighted by Gasteiger charge is 2.07. The predicted molar refractivity (Wildman–Crippen MR) is 91.6 cm³/mol. The summed E-state index contributed by atoms with van der Waals surface area (Å²) in [6.45, 7) is 5.71. The molecule has 0 aliphatic heterocycles. The monoisotopic (exact) mass is 347 g/mol. The van der Waals surface area contributed by atoms with Crippen LogP contribution < -0.4 is 5.32 Å². The van der Waals surface area contributed by atoms with Gasteiger partial charge in [0.2, 0.25) is 0 Å². The Balaban J connectivity index is 1.79. The standard InChI is InChI=1S/C18H22BrNO/c1-13-6-7-15(14(2)10-13)8-9-20-12-18(21)16-4-3-5-17(19)11-16/h3-7,10-11,18,20-21H,8-9,12H2,1-2H3. The van der Waals surface area contributed by atoms with Gasteiger partial charge in [-0.05, 0) is 55.6 Å². The number of benzene rings is 2. The third kappa shape index (κ3) is 4.95. The lowest BCUT2D eigenvalue weighted by molar-refractivity contribution is 0.175. The summed E-state index contributed by atoms with van der Waals surface area (Å²) in [6.07, 6.45) is 0.513. The number of aliphatic hydroxyl groups excluding tert-OH is 1. The summed E-state index contributed by atoms with van der Waals surface area (Å²) in [7, 11) is 0. The summed E-state index contributed by atoms with van der Waals surface area (Å²) in [5.41, 5.74) is 4.94. The fraction of sp³-hybridized carbons (Fsp3) is 0.333. The molecule has 0 aliphatic carbocycles. The van der Waals surface area contributed by atoms with Crippen LogP contribution >= 0.6 is 15.9 Å². The first-order chi connectivity index (χ1) is 10.1. The lowest BCUT2D eigenvalue weighted by Gasteiger charge is -2.13. The molecule has 0 saturated heterocycles. The number of aliphatic hydroxyl groups is 1. The molecule has 1 unspecified atom stereocenters. The summed E-state index contributed by atoms with van der Waals surface area (Å²) >= 11 is 3.43. The Morgan fingerprint density at radius 2 is 1.95 bits per heavy atom. The van der Waals surface area contributed by atoms with E-state index in [4.69, 9.17) is 0 Å². The Morgan fingerprint density at radius 3 is 2.67 bits per heavy atom. The van der Waals surface area contributed by atoms with Gasteiger partial charge in [-0.3, -0.25) is 0 Å². The van der Waals surface area contributed by atoms with Gasteiger partial charge in [0.1, 0.15) is 0 Å². The van der Waals surface area contributed by atoms with Crippen LogP contribution in [0.15, 0.2) is 46.9 Å². The van der Waals surface area contributed by atoms with Crippen LogP contribution in [0.2, 0.25) is 0 Å². The molecule has 1 atom stereocenters. The molecular weight excluding hydrogens is 326 g/mol. The fourth-order valence-electron chi connectivity index (χ4n) is 2.42. The minimum absolute atomic E-state index is 0.471. The van der Waals surface area contributed by atoms with E-state index in [1.54, 1.807) is 0 Å². The average Bonchev–Trinajstić information content (AvgIpc) is 2.45. The molecule has 2 aromatic carbocycles. The first-order valence-electron chi connectivity index (χ1n) is 7.26. The van der Waals surface area contributed by atoms with Crippen molar-refractivity contribution in [1.82, 2.24) is 5.32 Å². The van der Waals surface area contributed by atoms with Gasteiger partial charge < -0.3 is 10.4 Å². The van der Waals surface area contributed by atoms with Gasteiger partial charge in [0.05, 0.1) is 6.10 Å². The van der Waals surface area contributed by atoms with Crippen LogP contribution in [0.4, 0.5) is 0 Å². The second-order valence-electron chi connectivity index (χ2n) is 5.45. The first kappa shape index (κ1) is 16.2. The second kappa shape index (κ2) is 7.74. The summed E-state index contributed by atoms with van der Waals surface area (Å²) in [6, 6.07) is 14.4. The van der Waals surface area contributed by atoms with Gasteiger partial charge in [-0.2, -0.15) is 0 Å². The van der Waals surface area contributed by atoms with Crippen molar-refractivity contribution in [2.45, 2.75) is 26.4 Å². The Morgan fingerprint density at radius 1 is 1.14 bits per heavy atom. The minimum atomic E-state index is -0.471. The molecule has 0 heterocycles. The van der Waals surface area contributed by atoms with Gasteiger partial charge in [0.25, 0.3) is 0 Å². The van der Waals surface area contributed by atoms with Crippen LogP contribution in [0.5, 0.6) is 0 Å². The maximum atomic E-state index is 10.1. The van der Waals surface area contributed by atoms with E-state index in [2.05, 4.69) is 53.3 Å². The zero-order valence-corrected chi connectivity index (χ0v) is 14.2. The van der Waals surface area contributed by atoms with E-state index in [0.29, 0.717) is 6.54 Å². The molecule has 0 radical (unpaired) electrons. The maximum absolute atomic E-state index is 10.1. The predicted octanol–water partition coefficient (Wildman–Crippen LogP) is 3.93. The van der Waals surface area contributed by atoms with Gasteiger partial charge in [0.15, 0.2) is 0 Å². The van der Waals surface area contributed by atoms with Crippen molar-refractivity contribution in [1.29, 1.82) is 0 Å². The zero-order chi connectivity index (χ0) is 15.2. The van der Waals surface area contributed by atoms with E-state index in [1.165, 1.54) is 16.7 Å². The molecule has 2 rings (SSSR count). The topological polar surface area (TPSA) is 32.3 Å². The van der Waals surface area contributed by atoms with Gasteiger partial charge in [-0.15, -0.1) is 0 Å². The van der Waals surface area contributed by atoms with Crippen molar-refractivity contribution in [2.24, 2.45) is 0 Å². The molecule has 0 fully saturated rings. The van der Waals surface area contributed by atoms with E-state index < -0.39 is 6.10 Å². The summed E-state index contributed by atoms with van der Waals surface area (Å²) in [5, 5.41) is 13.5. The smallest absolute Gasteiger partial charge is 0.0914 e. The zero-order valence-electron chi connectivity index (χ0n) is 12.6. The van der Waals surface area contributed by atoms with Crippen molar-refractivity contribution in [3.05, 3.63) is 69.2 Å². The number of rotatable bonds is 6. The van der Waals surface area contributed by atoms with Crippen LogP contribution in [-0.2, 0) is 6.42 Å². The minimum Gasteiger partial charge on any atom is -0.387 e. The molecule has 2 nitrogen and oxygen atoms in total. The largest absolute Gasteiger partial charge is 0.387 e. The lowest BCUT2D eigenvalue weighted by atomic mass is 10.0. The Bertz CT molecular complexity index is 598. The molecule has 0 aromatic heterocycles. The maximum Gasteiger partial charge on any atom is 0.0914 e. The molecule has 112 valence electrons. The average molecular weight is 348 g/mol. The van der Waals surface area contributed by atoms with Crippen molar-refractivity contribution in [3.63, 3.8) is 0 Å². The van der Waals surface area contributed by atoms with Gasteiger partial charge in [-0.1, -0.05) is 51.8 Å². The van der Waals surface area contributed by atoms with Gasteiger partial charge in [-0.25, -0.2) is 0 Å².